The Hall–Kier alpha value is -3.19. The van der Waals surface area contributed by atoms with Crippen LogP contribution in [-0.2, 0) is 6.54 Å². The van der Waals surface area contributed by atoms with Crippen molar-refractivity contribution in [2.75, 3.05) is 6.54 Å². The van der Waals surface area contributed by atoms with Gasteiger partial charge in [-0.1, -0.05) is 29.3 Å². The maximum Gasteiger partial charge on any atom is 0.254 e. The molecule has 148 valence electrons. The Kier molecular flexibility index (Phi) is 5.31. The molecule has 3 heterocycles. The van der Waals surface area contributed by atoms with E-state index in [4.69, 9.17) is 11.6 Å². The second-order valence-corrected chi connectivity index (χ2v) is 7.31. The number of hydrogen-bond acceptors (Lipinski definition) is 4. The molecule has 7 nitrogen and oxygen atoms in total. The zero-order valence-corrected chi connectivity index (χ0v) is 17.0. The van der Waals surface area contributed by atoms with Gasteiger partial charge in [-0.15, -0.1) is 0 Å². The largest absolute Gasteiger partial charge is 0.352 e. The highest BCUT2D eigenvalue weighted by Crippen LogP contribution is 2.30. The number of fused-ring (bicyclic) bond motifs is 1. The number of rotatable bonds is 6. The van der Waals surface area contributed by atoms with Crippen molar-refractivity contribution < 1.29 is 4.79 Å². The molecule has 8 heteroatoms. The highest BCUT2D eigenvalue weighted by molar-refractivity contribution is 6.38. The van der Waals surface area contributed by atoms with E-state index in [1.165, 1.54) is 11.8 Å². The number of halogens is 1. The molecule has 0 saturated carbocycles. The third-order valence-corrected chi connectivity index (χ3v) is 5.16. The van der Waals surface area contributed by atoms with Crippen molar-refractivity contribution >= 4 is 28.5 Å². The van der Waals surface area contributed by atoms with Gasteiger partial charge in [-0.3, -0.25) is 4.79 Å². The molecule has 4 rings (SSSR count). The average Bonchev–Trinajstić information content (AvgIpc) is 3.34. The minimum Gasteiger partial charge on any atom is -0.352 e. The Bertz CT molecular complexity index is 1150. The minimum absolute atomic E-state index is 0.238. The summed E-state index contributed by atoms with van der Waals surface area (Å²) in [6.07, 6.45) is 7.69. The van der Waals surface area contributed by atoms with Crippen molar-refractivity contribution in [2.45, 2.75) is 26.8 Å². The summed E-state index contributed by atoms with van der Waals surface area (Å²) in [7, 11) is 0. The molecule has 0 bridgehead atoms. The van der Waals surface area contributed by atoms with Gasteiger partial charge in [-0.25, -0.2) is 14.6 Å². The zero-order chi connectivity index (χ0) is 20.4. The van der Waals surface area contributed by atoms with Gasteiger partial charge in [0.2, 0.25) is 0 Å². The number of benzene rings is 1. The van der Waals surface area contributed by atoms with Gasteiger partial charge < -0.3 is 9.88 Å². The first-order valence-corrected chi connectivity index (χ1v) is 9.77. The monoisotopic (exact) mass is 408 g/mol. The van der Waals surface area contributed by atoms with E-state index in [9.17, 15) is 4.79 Å². The van der Waals surface area contributed by atoms with E-state index in [0.29, 0.717) is 28.2 Å². The van der Waals surface area contributed by atoms with E-state index in [-0.39, 0.29) is 5.91 Å². The quantitative estimate of drug-likeness (QED) is 0.493. The number of carbonyl (C=O) groups excluding carboxylic acids is 1. The molecule has 4 aromatic rings. The van der Waals surface area contributed by atoms with E-state index in [1.54, 1.807) is 17.2 Å². The van der Waals surface area contributed by atoms with Gasteiger partial charge in [0.05, 0.1) is 33.7 Å². The number of nitrogens with one attached hydrogen (secondary N) is 1. The van der Waals surface area contributed by atoms with Crippen molar-refractivity contribution in [3.8, 4) is 5.69 Å². The Morgan fingerprint density at radius 2 is 2.00 bits per heavy atom. The van der Waals surface area contributed by atoms with Crippen molar-refractivity contribution in [1.82, 2.24) is 29.6 Å². The summed E-state index contributed by atoms with van der Waals surface area (Å²) in [5, 5.41) is 8.56. The molecule has 1 aromatic carbocycles. The maximum absolute atomic E-state index is 12.6. The Balaban J connectivity index is 1.55. The molecule has 0 aliphatic rings. The van der Waals surface area contributed by atoms with E-state index in [2.05, 4.69) is 20.4 Å². The SMILES string of the molecule is Cc1ccc(-n2nc(C)c3c(Cl)c(C(=O)NCCCn4ccnc4)cnc32)cc1. The molecule has 0 aliphatic carbocycles. The fraction of sp³-hybridized carbons (Fsp3) is 0.238. The first-order valence-electron chi connectivity index (χ1n) is 9.39. The van der Waals surface area contributed by atoms with Crippen LogP contribution in [0.15, 0.2) is 49.2 Å². The second-order valence-electron chi connectivity index (χ2n) is 6.93. The minimum atomic E-state index is -0.238. The molecular formula is C21H21ClN6O. The molecule has 1 amide bonds. The van der Waals surface area contributed by atoms with Crippen molar-refractivity contribution in [2.24, 2.45) is 0 Å². The van der Waals surface area contributed by atoms with Crippen LogP contribution in [0.3, 0.4) is 0 Å². The Labute approximate surface area is 173 Å². The number of hydrogen-bond donors (Lipinski definition) is 1. The van der Waals surface area contributed by atoms with Crippen molar-refractivity contribution in [3.63, 3.8) is 0 Å². The predicted octanol–water partition coefficient (Wildman–Crippen LogP) is 3.71. The summed E-state index contributed by atoms with van der Waals surface area (Å²) in [5.74, 6) is -0.238. The average molecular weight is 409 g/mol. The lowest BCUT2D eigenvalue weighted by Crippen LogP contribution is -2.25. The van der Waals surface area contributed by atoms with Gasteiger partial charge in [0.1, 0.15) is 0 Å². The molecule has 0 spiro atoms. The predicted molar refractivity (Wildman–Crippen MR) is 113 cm³/mol. The first kappa shape index (κ1) is 19.1. The number of aryl methyl sites for hydroxylation is 3. The third-order valence-electron chi connectivity index (χ3n) is 4.77. The maximum atomic E-state index is 12.6. The molecule has 0 unspecified atom stereocenters. The first-order chi connectivity index (χ1) is 14.0. The topological polar surface area (TPSA) is 77.6 Å². The fourth-order valence-corrected chi connectivity index (χ4v) is 3.57. The van der Waals surface area contributed by atoms with Gasteiger partial charge in [0.15, 0.2) is 5.65 Å². The molecule has 3 aromatic heterocycles. The van der Waals surface area contributed by atoms with Crippen LogP contribution in [0.25, 0.3) is 16.7 Å². The number of carbonyl (C=O) groups is 1. The molecule has 0 fully saturated rings. The number of nitrogens with zero attached hydrogens (tertiary/aromatic N) is 5. The van der Waals surface area contributed by atoms with Crippen LogP contribution in [0.5, 0.6) is 0 Å². The summed E-state index contributed by atoms with van der Waals surface area (Å²) in [4.78, 5) is 21.1. The highest BCUT2D eigenvalue weighted by Gasteiger charge is 2.19. The smallest absolute Gasteiger partial charge is 0.254 e. The molecule has 0 saturated heterocycles. The van der Waals surface area contributed by atoms with Crippen molar-refractivity contribution in [3.05, 3.63) is 71.0 Å². The van der Waals surface area contributed by atoms with Crippen LogP contribution < -0.4 is 5.32 Å². The molecule has 1 N–H and O–H groups in total. The zero-order valence-electron chi connectivity index (χ0n) is 16.3. The number of aromatic nitrogens is 5. The third kappa shape index (κ3) is 3.86. The van der Waals surface area contributed by atoms with Crippen LogP contribution in [0, 0.1) is 13.8 Å². The van der Waals surface area contributed by atoms with Crippen LogP contribution in [0.2, 0.25) is 5.02 Å². The Morgan fingerprint density at radius 1 is 1.21 bits per heavy atom. The van der Waals surface area contributed by atoms with Gasteiger partial charge in [-0.05, 0) is 32.4 Å². The normalized spacial score (nSPS) is 11.1. The molecule has 0 radical (unpaired) electrons. The molecule has 0 aliphatic heterocycles. The van der Waals surface area contributed by atoms with Gasteiger partial charge in [0.25, 0.3) is 5.91 Å². The van der Waals surface area contributed by atoms with Crippen LogP contribution in [0.1, 0.15) is 28.0 Å². The van der Waals surface area contributed by atoms with Crippen LogP contribution in [-0.4, -0.2) is 36.8 Å². The molecule has 29 heavy (non-hydrogen) atoms. The number of amides is 1. The Morgan fingerprint density at radius 3 is 2.72 bits per heavy atom. The second kappa shape index (κ2) is 8.05. The molecular weight excluding hydrogens is 388 g/mol. The summed E-state index contributed by atoms with van der Waals surface area (Å²) in [6, 6.07) is 8.01. The van der Waals surface area contributed by atoms with Crippen LogP contribution in [0.4, 0.5) is 0 Å². The van der Waals surface area contributed by atoms with E-state index in [0.717, 1.165) is 24.3 Å². The summed E-state index contributed by atoms with van der Waals surface area (Å²) in [6.45, 7) is 5.22. The number of imidazole rings is 1. The highest BCUT2D eigenvalue weighted by atomic mass is 35.5. The van der Waals surface area contributed by atoms with E-state index >= 15 is 0 Å². The van der Waals surface area contributed by atoms with E-state index < -0.39 is 0 Å². The van der Waals surface area contributed by atoms with Gasteiger partial charge in [0, 0.05) is 31.7 Å². The molecule has 0 atom stereocenters. The van der Waals surface area contributed by atoms with Gasteiger partial charge >= 0.3 is 0 Å². The fourth-order valence-electron chi connectivity index (χ4n) is 3.21. The summed E-state index contributed by atoms with van der Waals surface area (Å²) < 4.78 is 3.72. The van der Waals surface area contributed by atoms with Gasteiger partial charge in [-0.2, -0.15) is 5.10 Å². The lowest BCUT2D eigenvalue weighted by Gasteiger charge is -2.08. The van der Waals surface area contributed by atoms with Crippen molar-refractivity contribution in [1.29, 1.82) is 0 Å². The van der Waals surface area contributed by atoms with E-state index in [1.807, 2.05) is 48.9 Å². The summed E-state index contributed by atoms with van der Waals surface area (Å²) in [5.41, 5.74) is 3.78. The number of pyridine rings is 1. The standard InChI is InChI=1S/C21H21ClN6O/c1-14-4-6-16(7-5-14)28-20-18(15(2)26-28)19(22)17(12-25-20)21(29)24-8-3-10-27-11-9-23-13-27/h4-7,9,11-13H,3,8,10H2,1-2H3,(H,24,29). The lowest BCUT2D eigenvalue weighted by atomic mass is 10.2. The lowest BCUT2D eigenvalue weighted by molar-refractivity contribution is 0.0952. The van der Waals surface area contributed by atoms with Crippen LogP contribution >= 0.6 is 11.6 Å². The summed E-state index contributed by atoms with van der Waals surface area (Å²) >= 11 is 6.60.